The molecule has 2 aromatic carbocycles. The SMILES string of the molecule is COc1ccc(C[NH2+]Cc2ccccc2)cc1. The minimum absolute atomic E-state index is 0.914. The average Bonchev–Trinajstić information content (AvgIpc) is 2.41. The summed E-state index contributed by atoms with van der Waals surface area (Å²) in [5.74, 6) is 0.914. The second kappa shape index (κ2) is 6.06. The lowest BCUT2D eigenvalue weighted by atomic mass is 10.2. The van der Waals surface area contributed by atoms with E-state index in [1.165, 1.54) is 11.1 Å². The normalized spacial score (nSPS) is 10.2. The summed E-state index contributed by atoms with van der Waals surface area (Å²) in [5.41, 5.74) is 2.68. The Bertz CT molecular complexity index is 436. The Kier molecular flexibility index (Phi) is 4.17. The van der Waals surface area contributed by atoms with Crippen LogP contribution in [0.2, 0.25) is 0 Å². The molecule has 2 rings (SSSR count). The van der Waals surface area contributed by atoms with Crippen LogP contribution in [-0.2, 0) is 13.1 Å². The lowest BCUT2D eigenvalue weighted by Crippen LogP contribution is -2.80. The lowest BCUT2D eigenvalue weighted by molar-refractivity contribution is -0.686. The van der Waals surface area contributed by atoms with Gasteiger partial charge in [-0.15, -0.1) is 0 Å². The van der Waals surface area contributed by atoms with Crippen molar-refractivity contribution in [2.24, 2.45) is 0 Å². The summed E-state index contributed by atoms with van der Waals surface area (Å²) < 4.78 is 5.13. The highest BCUT2D eigenvalue weighted by molar-refractivity contribution is 5.26. The van der Waals surface area contributed by atoms with Crippen molar-refractivity contribution in [2.75, 3.05) is 7.11 Å². The van der Waals surface area contributed by atoms with Gasteiger partial charge in [-0.05, 0) is 24.3 Å². The first-order valence-electron chi connectivity index (χ1n) is 5.87. The Morgan fingerprint density at radius 1 is 0.824 bits per heavy atom. The molecule has 0 fully saturated rings. The van der Waals surface area contributed by atoms with Crippen molar-refractivity contribution in [1.29, 1.82) is 0 Å². The molecule has 0 saturated heterocycles. The summed E-state index contributed by atoms with van der Waals surface area (Å²) >= 11 is 0. The molecule has 2 aromatic rings. The highest BCUT2D eigenvalue weighted by Crippen LogP contribution is 2.10. The van der Waals surface area contributed by atoms with Gasteiger partial charge in [0.05, 0.1) is 7.11 Å². The molecule has 88 valence electrons. The fourth-order valence-corrected chi connectivity index (χ4v) is 1.78. The quantitative estimate of drug-likeness (QED) is 0.831. The molecule has 2 heteroatoms. The third-order valence-corrected chi connectivity index (χ3v) is 2.76. The maximum Gasteiger partial charge on any atom is 0.118 e. The first-order chi connectivity index (χ1) is 8.38. The Morgan fingerprint density at radius 2 is 1.41 bits per heavy atom. The number of ether oxygens (including phenoxy) is 1. The Balaban J connectivity index is 1.82. The molecular formula is C15H18NO+. The average molecular weight is 228 g/mol. The monoisotopic (exact) mass is 228 g/mol. The van der Waals surface area contributed by atoms with E-state index in [2.05, 4.69) is 41.7 Å². The molecule has 0 bridgehead atoms. The second-order valence-corrected chi connectivity index (χ2v) is 4.03. The third kappa shape index (κ3) is 3.61. The van der Waals surface area contributed by atoms with Crippen molar-refractivity contribution < 1.29 is 10.1 Å². The molecule has 0 atom stereocenters. The summed E-state index contributed by atoms with van der Waals surface area (Å²) in [6.45, 7) is 2.02. The molecule has 0 amide bonds. The van der Waals surface area contributed by atoms with Gasteiger partial charge in [0.15, 0.2) is 0 Å². The van der Waals surface area contributed by atoms with E-state index in [-0.39, 0.29) is 0 Å². The van der Waals surface area contributed by atoms with Crippen LogP contribution >= 0.6 is 0 Å². The standard InChI is InChI=1S/C15H17NO/c1-17-15-9-7-14(8-10-15)12-16-11-13-5-3-2-4-6-13/h2-10,16H,11-12H2,1H3/p+1. The predicted octanol–water partition coefficient (Wildman–Crippen LogP) is 1.96. The third-order valence-electron chi connectivity index (χ3n) is 2.76. The number of benzene rings is 2. The lowest BCUT2D eigenvalue weighted by Gasteiger charge is -2.03. The molecule has 0 saturated carbocycles. The predicted molar refractivity (Wildman–Crippen MR) is 68.8 cm³/mol. The van der Waals surface area contributed by atoms with Crippen LogP contribution in [0.25, 0.3) is 0 Å². The Morgan fingerprint density at radius 3 is 2.00 bits per heavy atom. The van der Waals surface area contributed by atoms with E-state index in [0.29, 0.717) is 0 Å². The number of nitrogens with two attached hydrogens (primary N) is 1. The van der Waals surface area contributed by atoms with Crippen molar-refractivity contribution in [2.45, 2.75) is 13.1 Å². The summed E-state index contributed by atoms with van der Waals surface area (Å²) in [4.78, 5) is 0. The van der Waals surface area contributed by atoms with Gasteiger partial charge in [0.1, 0.15) is 18.8 Å². The second-order valence-electron chi connectivity index (χ2n) is 4.03. The van der Waals surface area contributed by atoms with Gasteiger partial charge in [0.2, 0.25) is 0 Å². The number of hydrogen-bond donors (Lipinski definition) is 1. The summed E-state index contributed by atoms with van der Waals surface area (Å²) in [5, 5.41) is 2.30. The first-order valence-corrected chi connectivity index (χ1v) is 5.87. The van der Waals surface area contributed by atoms with E-state index in [1.807, 2.05) is 18.2 Å². The maximum atomic E-state index is 5.13. The number of hydrogen-bond acceptors (Lipinski definition) is 1. The molecular weight excluding hydrogens is 210 g/mol. The van der Waals surface area contributed by atoms with Crippen LogP contribution in [0.4, 0.5) is 0 Å². The number of methoxy groups -OCH3 is 1. The number of rotatable bonds is 5. The molecule has 0 aliphatic rings. The van der Waals surface area contributed by atoms with E-state index in [1.54, 1.807) is 7.11 Å². The van der Waals surface area contributed by atoms with Crippen molar-refractivity contribution in [3.63, 3.8) is 0 Å². The van der Waals surface area contributed by atoms with Gasteiger partial charge in [-0.25, -0.2) is 0 Å². The fourth-order valence-electron chi connectivity index (χ4n) is 1.78. The topological polar surface area (TPSA) is 25.8 Å². The van der Waals surface area contributed by atoms with Crippen LogP contribution in [-0.4, -0.2) is 7.11 Å². The van der Waals surface area contributed by atoms with Crippen LogP contribution in [0.3, 0.4) is 0 Å². The zero-order chi connectivity index (χ0) is 11.9. The molecule has 0 spiro atoms. The molecule has 0 aromatic heterocycles. The van der Waals surface area contributed by atoms with Gasteiger partial charge in [-0.2, -0.15) is 0 Å². The van der Waals surface area contributed by atoms with Crippen LogP contribution in [0.5, 0.6) is 5.75 Å². The highest BCUT2D eigenvalue weighted by atomic mass is 16.5. The zero-order valence-electron chi connectivity index (χ0n) is 10.1. The molecule has 0 heterocycles. The molecule has 0 aliphatic carbocycles. The van der Waals surface area contributed by atoms with Gasteiger partial charge in [0.25, 0.3) is 0 Å². The summed E-state index contributed by atoms with van der Waals surface area (Å²) in [7, 11) is 1.69. The van der Waals surface area contributed by atoms with Crippen molar-refractivity contribution >= 4 is 0 Å². The summed E-state index contributed by atoms with van der Waals surface area (Å²) in [6, 6.07) is 18.8. The zero-order valence-corrected chi connectivity index (χ0v) is 10.1. The molecule has 0 radical (unpaired) electrons. The van der Waals surface area contributed by atoms with E-state index in [0.717, 1.165) is 18.8 Å². The Hall–Kier alpha value is -1.80. The Labute approximate surface area is 102 Å². The van der Waals surface area contributed by atoms with Gasteiger partial charge in [-0.3, -0.25) is 0 Å². The van der Waals surface area contributed by atoms with E-state index >= 15 is 0 Å². The molecule has 17 heavy (non-hydrogen) atoms. The molecule has 2 nitrogen and oxygen atoms in total. The van der Waals surface area contributed by atoms with Gasteiger partial charge in [0, 0.05) is 11.1 Å². The largest absolute Gasteiger partial charge is 0.497 e. The van der Waals surface area contributed by atoms with Crippen LogP contribution < -0.4 is 10.1 Å². The minimum atomic E-state index is 0.914. The van der Waals surface area contributed by atoms with Gasteiger partial charge in [-0.1, -0.05) is 30.3 Å². The van der Waals surface area contributed by atoms with E-state index in [9.17, 15) is 0 Å². The van der Waals surface area contributed by atoms with Crippen LogP contribution in [0, 0.1) is 0 Å². The van der Waals surface area contributed by atoms with Gasteiger partial charge < -0.3 is 10.1 Å². The van der Waals surface area contributed by atoms with Crippen LogP contribution in [0.15, 0.2) is 54.6 Å². The maximum absolute atomic E-state index is 5.13. The van der Waals surface area contributed by atoms with E-state index < -0.39 is 0 Å². The highest BCUT2D eigenvalue weighted by Gasteiger charge is 1.97. The first kappa shape index (κ1) is 11.7. The van der Waals surface area contributed by atoms with Crippen LogP contribution in [0.1, 0.15) is 11.1 Å². The van der Waals surface area contributed by atoms with E-state index in [4.69, 9.17) is 4.74 Å². The molecule has 2 N–H and O–H groups in total. The van der Waals surface area contributed by atoms with Crippen molar-refractivity contribution in [3.05, 3.63) is 65.7 Å². The number of quaternary nitrogens is 1. The smallest absolute Gasteiger partial charge is 0.118 e. The minimum Gasteiger partial charge on any atom is -0.497 e. The molecule has 0 unspecified atom stereocenters. The van der Waals surface area contributed by atoms with Crippen molar-refractivity contribution in [1.82, 2.24) is 0 Å². The van der Waals surface area contributed by atoms with Gasteiger partial charge >= 0.3 is 0 Å². The molecule has 0 aliphatic heterocycles. The fraction of sp³-hybridized carbons (Fsp3) is 0.200. The summed E-state index contributed by atoms with van der Waals surface area (Å²) in [6.07, 6.45) is 0. The van der Waals surface area contributed by atoms with Crippen molar-refractivity contribution in [3.8, 4) is 5.75 Å².